The van der Waals surface area contributed by atoms with Crippen molar-refractivity contribution >= 4 is 11.1 Å². The molecule has 0 saturated carbocycles. The number of nitrogens with zero attached hydrogens (tertiary/aromatic N) is 2. The third kappa shape index (κ3) is 3.25. The van der Waals surface area contributed by atoms with Gasteiger partial charge < -0.3 is 9.45 Å². The smallest absolute Gasteiger partial charge is 0.162 e. The normalized spacial score (nSPS) is 28.0. The molecule has 80 valence electrons. The van der Waals surface area contributed by atoms with Crippen LogP contribution in [-0.4, -0.2) is 44.2 Å². The molecule has 1 aliphatic rings. The lowest BCUT2D eigenvalue weighted by molar-refractivity contribution is -0.808. The highest BCUT2D eigenvalue weighted by Gasteiger charge is 2.23. The molecular formula is C9H17N2O2S+. The first-order valence-corrected chi connectivity index (χ1v) is 5.83. The Morgan fingerprint density at radius 2 is 2.50 bits per heavy atom. The monoisotopic (exact) mass is 217 g/mol. The molecule has 0 amide bonds. The molecule has 1 aliphatic heterocycles. The lowest BCUT2D eigenvalue weighted by Crippen LogP contribution is -2.36. The van der Waals surface area contributed by atoms with Gasteiger partial charge in [0.25, 0.3) is 0 Å². The highest BCUT2D eigenvalue weighted by Crippen LogP contribution is 2.15. The third-order valence-corrected chi connectivity index (χ3v) is 2.92. The predicted octanol–water partition coefficient (Wildman–Crippen LogP) is 0.933. The van der Waals surface area contributed by atoms with Gasteiger partial charge in [-0.25, -0.2) is 4.21 Å². The van der Waals surface area contributed by atoms with Crippen molar-refractivity contribution < 1.29 is 13.2 Å². The van der Waals surface area contributed by atoms with Crippen LogP contribution in [0.4, 0.5) is 0 Å². The molecule has 4 nitrogen and oxygen atoms in total. The van der Waals surface area contributed by atoms with Crippen LogP contribution in [0.5, 0.6) is 0 Å². The van der Waals surface area contributed by atoms with E-state index in [1.165, 1.54) is 0 Å². The summed E-state index contributed by atoms with van der Waals surface area (Å²) in [4.78, 5) is 2.13. The topological polar surface area (TPSA) is 40.5 Å². The molecule has 1 N–H and O–H groups in total. The van der Waals surface area contributed by atoms with Crippen LogP contribution >= 0.6 is 0 Å². The highest BCUT2D eigenvalue weighted by atomic mass is 32.2. The van der Waals surface area contributed by atoms with Crippen molar-refractivity contribution in [1.82, 2.24) is 4.90 Å². The van der Waals surface area contributed by atoms with E-state index >= 15 is 0 Å². The Morgan fingerprint density at radius 1 is 1.79 bits per heavy atom. The summed E-state index contributed by atoms with van der Waals surface area (Å²) in [5.41, 5.74) is 0. The molecule has 0 aliphatic carbocycles. The van der Waals surface area contributed by atoms with Gasteiger partial charge in [-0.1, -0.05) is 0 Å². The Balaban J connectivity index is 2.27. The van der Waals surface area contributed by atoms with Crippen LogP contribution in [0.15, 0.2) is 25.2 Å². The van der Waals surface area contributed by atoms with Crippen LogP contribution < -0.4 is 0 Å². The molecule has 14 heavy (non-hydrogen) atoms. The second-order valence-electron chi connectivity index (χ2n) is 3.66. The zero-order chi connectivity index (χ0) is 10.6. The fourth-order valence-electron chi connectivity index (χ4n) is 1.39. The summed E-state index contributed by atoms with van der Waals surface area (Å²) in [5.74, 6) is 0.349. The largest absolute Gasteiger partial charge is 0.326 e. The molecule has 0 radical (unpaired) electrons. The van der Waals surface area contributed by atoms with Gasteiger partial charge in [0.15, 0.2) is 17.7 Å². The predicted molar refractivity (Wildman–Crippen MR) is 57.3 cm³/mol. The van der Waals surface area contributed by atoms with Gasteiger partial charge in [0.1, 0.15) is 6.20 Å². The molecule has 0 aromatic rings. The van der Waals surface area contributed by atoms with Crippen molar-refractivity contribution in [3.8, 4) is 0 Å². The van der Waals surface area contributed by atoms with Crippen LogP contribution in [0, 0.1) is 0 Å². The summed E-state index contributed by atoms with van der Waals surface area (Å²) in [7, 11) is 2.06. The van der Waals surface area contributed by atoms with Crippen molar-refractivity contribution in [2.75, 3.05) is 26.0 Å². The standard InChI is InChI=1S/C9H16N2O2S/c1-3-11(2)7-6-10(9-11)5-4-8-14(12)13/h3,6-7H,1,4-5,8-9H2,2H3/p+1. The minimum absolute atomic E-state index is 0.349. The van der Waals surface area contributed by atoms with E-state index in [-0.39, 0.29) is 0 Å². The van der Waals surface area contributed by atoms with E-state index in [9.17, 15) is 4.21 Å². The highest BCUT2D eigenvalue weighted by molar-refractivity contribution is 7.79. The van der Waals surface area contributed by atoms with Crippen LogP contribution in [-0.2, 0) is 11.1 Å². The minimum atomic E-state index is -1.66. The molecular weight excluding hydrogens is 200 g/mol. The van der Waals surface area contributed by atoms with Gasteiger partial charge in [-0.2, -0.15) is 0 Å². The number of quaternary nitrogens is 1. The van der Waals surface area contributed by atoms with Gasteiger partial charge in [-0.05, 0) is 13.0 Å². The lowest BCUT2D eigenvalue weighted by Gasteiger charge is -2.23. The van der Waals surface area contributed by atoms with Gasteiger partial charge in [-0.3, -0.25) is 4.48 Å². The Labute approximate surface area is 87.4 Å². The van der Waals surface area contributed by atoms with E-state index in [0.717, 1.165) is 19.6 Å². The van der Waals surface area contributed by atoms with Crippen LogP contribution in [0.3, 0.4) is 0 Å². The maximum Gasteiger partial charge on any atom is 0.162 e. The lowest BCUT2D eigenvalue weighted by atomic mass is 10.4. The first-order chi connectivity index (χ1) is 6.56. The summed E-state index contributed by atoms with van der Waals surface area (Å²) in [5, 5.41) is 0. The zero-order valence-corrected chi connectivity index (χ0v) is 9.24. The zero-order valence-electron chi connectivity index (χ0n) is 8.43. The first-order valence-electron chi connectivity index (χ1n) is 4.55. The summed E-state index contributed by atoms with van der Waals surface area (Å²) in [6, 6.07) is 0. The molecule has 0 fully saturated rings. The molecule has 1 heterocycles. The second-order valence-corrected chi connectivity index (χ2v) is 4.71. The molecule has 0 saturated heterocycles. The summed E-state index contributed by atoms with van der Waals surface area (Å²) in [6.45, 7) is 5.45. The summed E-state index contributed by atoms with van der Waals surface area (Å²) >= 11 is -1.66. The van der Waals surface area contributed by atoms with E-state index in [1.54, 1.807) is 0 Å². The third-order valence-electron chi connectivity index (χ3n) is 2.29. The Hall–Kier alpha value is -0.650. The van der Waals surface area contributed by atoms with Crippen molar-refractivity contribution in [2.24, 2.45) is 0 Å². The molecule has 0 aromatic carbocycles. The number of rotatable bonds is 5. The molecule has 2 atom stereocenters. The van der Waals surface area contributed by atoms with Crippen LogP contribution in [0.25, 0.3) is 0 Å². The average molecular weight is 217 g/mol. The number of hydrogen-bond donors (Lipinski definition) is 1. The van der Waals surface area contributed by atoms with E-state index in [1.807, 2.05) is 12.4 Å². The van der Waals surface area contributed by atoms with E-state index < -0.39 is 11.1 Å². The fraction of sp³-hybridized carbons (Fsp3) is 0.556. The Bertz CT molecular complexity index is 268. The summed E-state index contributed by atoms with van der Waals surface area (Å²) < 4.78 is 19.7. The fourth-order valence-corrected chi connectivity index (χ4v) is 1.76. The van der Waals surface area contributed by atoms with Crippen LogP contribution in [0.1, 0.15) is 6.42 Å². The van der Waals surface area contributed by atoms with E-state index in [0.29, 0.717) is 10.2 Å². The van der Waals surface area contributed by atoms with Gasteiger partial charge in [0, 0.05) is 6.54 Å². The van der Waals surface area contributed by atoms with E-state index in [2.05, 4.69) is 24.7 Å². The van der Waals surface area contributed by atoms with Gasteiger partial charge in [0.05, 0.1) is 25.2 Å². The van der Waals surface area contributed by atoms with Gasteiger partial charge in [-0.15, -0.1) is 0 Å². The maximum absolute atomic E-state index is 10.4. The van der Waals surface area contributed by atoms with Crippen molar-refractivity contribution in [3.05, 3.63) is 25.2 Å². The van der Waals surface area contributed by atoms with Gasteiger partial charge in [0.2, 0.25) is 0 Å². The van der Waals surface area contributed by atoms with Crippen molar-refractivity contribution in [1.29, 1.82) is 0 Å². The van der Waals surface area contributed by atoms with E-state index in [4.69, 9.17) is 4.55 Å². The minimum Gasteiger partial charge on any atom is -0.326 e. The quantitative estimate of drug-likeness (QED) is 0.550. The Kier molecular flexibility index (Phi) is 3.86. The molecule has 5 heteroatoms. The molecule has 0 aromatic heterocycles. The van der Waals surface area contributed by atoms with Crippen molar-refractivity contribution in [2.45, 2.75) is 6.42 Å². The van der Waals surface area contributed by atoms with Crippen LogP contribution in [0.2, 0.25) is 0 Å². The summed E-state index contributed by atoms with van der Waals surface area (Å²) in [6.07, 6.45) is 6.69. The number of hydrogen-bond acceptors (Lipinski definition) is 2. The van der Waals surface area contributed by atoms with Gasteiger partial charge >= 0.3 is 0 Å². The van der Waals surface area contributed by atoms with Crippen molar-refractivity contribution in [3.63, 3.8) is 0 Å². The average Bonchev–Trinajstić information content (AvgIpc) is 2.48. The first kappa shape index (κ1) is 11.4. The second kappa shape index (κ2) is 4.72. The molecule has 0 bridgehead atoms. The molecule has 0 spiro atoms. The Morgan fingerprint density at radius 3 is 3.00 bits per heavy atom. The maximum atomic E-state index is 10.4. The molecule has 2 unspecified atom stereocenters. The molecule has 1 rings (SSSR count). The SMILES string of the molecule is C=C[N+]1(C)C=CN(CCCS(=O)O)C1.